The Bertz CT molecular complexity index is 629. The number of ether oxygens (including phenoxy) is 2. The first-order chi connectivity index (χ1) is 11.1. The lowest BCUT2D eigenvalue weighted by atomic mass is 10.2. The van der Waals surface area contributed by atoms with Gasteiger partial charge in [0.1, 0.15) is 5.75 Å². The fourth-order valence-corrected chi connectivity index (χ4v) is 2.30. The minimum atomic E-state index is 0.240. The van der Waals surface area contributed by atoms with Crippen LogP contribution in [0.4, 0.5) is 5.69 Å². The Morgan fingerprint density at radius 2 is 1.74 bits per heavy atom. The van der Waals surface area contributed by atoms with E-state index in [9.17, 15) is 5.11 Å². The first-order valence-corrected chi connectivity index (χ1v) is 8.12. The molecule has 0 aliphatic carbocycles. The van der Waals surface area contributed by atoms with Gasteiger partial charge in [-0.15, -0.1) is 0 Å². The zero-order valence-corrected chi connectivity index (χ0v) is 14.2. The van der Waals surface area contributed by atoms with Gasteiger partial charge in [-0.1, -0.05) is 18.5 Å². The van der Waals surface area contributed by atoms with E-state index in [1.165, 1.54) is 0 Å². The molecule has 2 aromatic carbocycles. The van der Waals surface area contributed by atoms with Crippen LogP contribution in [0, 0.1) is 0 Å². The lowest BCUT2D eigenvalue weighted by Gasteiger charge is -2.15. The van der Waals surface area contributed by atoms with Crippen LogP contribution < -0.4 is 14.8 Å². The van der Waals surface area contributed by atoms with Gasteiger partial charge in [-0.3, -0.25) is 0 Å². The molecule has 0 amide bonds. The van der Waals surface area contributed by atoms with E-state index in [1.807, 2.05) is 25.1 Å². The number of halogens is 1. The molecule has 0 aliphatic rings. The highest BCUT2D eigenvalue weighted by molar-refractivity contribution is 6.31. The second-order valence-corrected chi connectivity index (χ2v) is 5.48. The molecule has 0 aliphatic heterocycles. The molecule has 4 nitrogen and oxygen atoms in total. The van der Waals surface area contributed by atoms with Crippen molar-refractivity contribution in [2.45, 2.75) is 26.8 Å². The molecule has 0 heterocycles. The van der Waals surface area contributed by atoms with Gasteiger partial charge in [0.15, 0.2) is 11.5 Å². The van der Waals surface area contributed by atoms with Crippen molar-refractivity contribution in [3.05, 3.63) is 47.0 Å². The fourth-order valence-electron chi connectivity index (χ4n) is 2.08. The predicted molar refractivity (Wildman–Crippen MR) is 93.8 cm³/mol. The van der Waals surface area contributed by atoms with Crippen molar-refractivity contribution in [3.8, 4) is 17.2 Å². The average Bonchev–Trinajstić information content (AvgIpc) is 2.55. The molecular formula is C18H22ClNO3. The lowest BCUT2D eigenvalue weighted by Crippen LogP contribution is -2.04. The summed E-state index contributed by atoms with van der Waals surface area (Å²) in [6.07, 6.45) is 0.924. The number of hydrogen-bond donors (Lipinski definition) is 2. The zero-order valence-electron chi connectivity index (χ0n) is 13.4. The number of hydrogen-bond acceptors (Lipinski definition) is 4. The van der Waals surface area contributed by atoms with Crippen LogP contribution in [0.1, 0.15) is 25.8 Å². The summed E-state index contributed by atoms with van der Waals surface area (Å²) in [4.78, 5) is 0. The largest absolute Gasteiger partial charge is 0.508 e. The van der Waals surface area contributed by atoms with Gasteiger partial charge in [-0.25, -0.2) is 0 Å². The lowest BCUT2D eigenvalue weighted by molar-refractivity contribution is 0.276. The molecule has 0 saturated heterocycles. The number of phenols is 1. The molecule has 23 heavy (non-hydrogen) atoms. The standard InChI is InChI=1S/C18H22ClNO3/c1-3-9-23-18-11-16(19)13(10-17(18)22-4-2)12-20-14-5-7-15(21)8-6-14/h5-8,10-11,20-21H,3-4,9,12H2,1-2H3. The Hall–Kier alpha value is -2.07. The summed E-state index contributed by atoms with van der Waals surface area (Å²) >= 11 is 6.36. The summed E-state index contributed by atoms with van der Waals surface area (Å²) in [6.45, 7) is 5.73. The maximum atomic E-state index is 9.30. The predicted octanol–water partition coefficient (Wildman–Crippen LogP) is 4.85. The van der Waals surface area contributed by atoms with E-state index in [0.29, 0.717) is 36.3 Å². The maximum absolute atomic E-state index is 9.30. The minimum absolute atomic E-state index is 0.240. The van der Waals surface area contributed by atoms with Crippen molar-refractivity contribution in [3.63, 3.8) is 0 Å². The van der Waals surface area contributed by atoms with E-state index in [1.54, 1.807) is 18.2 Å². The minimum Gasteiger partial charge on any atom is -0.508 e. The molecule has 0 saturated carbocycles. The van der Waals surface area contributed by atoms with Crippen molar-refractivity contribution in [1.82, 2.24) is 0 Å². The quantitative estimate of drug-likeness (QED) is 0.677. The molecule has 2 N–H and O–H groups in total. The Labute approximate surface area is 142 Å². The van der Waals surface area contributed by atoms with Gasteiger partial charge in [0.05, 0.1) is 13.2 Å². The number of benzene rings is 2. The van der Waals surface area contributed by atoms with Crippen LogP contribution in [-0.4, -0.2) is 18.3 Å². The third-order valence-electron chi connectivity index (χ3n) is 3.22. The topological polar surface area (TPSA) is 50.7 Å². The first kappa shape index (κ1) is 17.3. The van der Waals surface area contributed by atoms with E-state index in [0.717, 1.165) is 17.7 Å². The zero-order chi connectivity index (χ0) is 16.7. The van der Waals surface area contributed by atoms with Crippen molar-refractivity contribution < 1.29 is 14.6 Å². The number of aromatic hydroxyl groups is 1. The van der Waals surface area contributed by atoms with Gasteiger partial charge in [-0.05, 0) is 49.2 Å². The maximum Gasteiger partial charge on any atom is 0.162 e. The van der Waals surface area contributed by atoms with Crippen LogP contribution in [0.3, 0.4) is 0 Å². The molecule has 0 aromatic heterocycles. The highest BCUT2D eigenvalue weighted by Gasteiger charge is 2.11. The van der Waals surface area contributed by atoms with Crippen molar-refractivity contribution >= 4 is 17.3 Å². The second kappa shape index (κ2) is 8.53. The van der Waals surface area contributed by atoms with Crippen molar-refractivity contribution in [1.29, 1.82) is 0 Å². The van der Waals surface area contributed by atoms with Crippen LogP contribution in [0.5, 0.6) is 17.2 Å². The van der Waals surface area contributed by atoms with Gasteiger partial charge in [0.2, 0.25) is 0 Å². The smallest absolute Gasteiger partial charge is 0.162 e. The third kappa shape index (κ3) is 4.96. The van der Waals surface area contributed by atoms with Gasteiger partial charge in [0, 0.05) is 23.3 Å². The summed E-state index contributed by atoms with van der Waals surface area (Å²) in [5.74, 6) is 1.62. The molecule has 5 heteroatoms. The second-order valence-electron chi connectivity index (χ2n) is 5.07. The fraction of sp³-hybridized carbons (Fsp3) is 0.333. The number of rotatable bonds is 8. The van der Waals surface area contributed by atoms with E-state index in [4.69, 9.17) is 21.1 Å². The van der Waals surface area contributed by atoms with Crippen LogP contribution in [-0.2, 0) is 6.54 Å². The highest BCUT2D eigenvalue weighted by atomic mass is 35.5. The normalized spacial score (nSPS) is 10.4. The first-order valence-electron chi connectivity index (χ1n) is 7.75. The summed E-state index contributed by atoms with van der Waals surface area (Å²) in [7, 11) is 0. The number of phenolic OH excluding ortho intramolecular Hbond substituents is 1. The SMILES string of the molecule is CCCOc1cc(Cl)c(CNc2ccc(O)cc2)cc1OCC. The summed E-state index contributed by atoms with van der Waals surface area (Å²) in [5, 5.41) is 13.2. The highest BCUT2D eigenvalue weighted by Crippen LogP contribution is 2.34. The van der Waals surface area contributed by atoms with Crippen LogP contribution in [0.15, 0.2) is 36.4 Å². The van der Waals surface area contributed by atoms with Crippen molar-refractivity contribution in [2.24, 2.45) is 0 Å². The number of anilines is 1. The average molecular weight is 336 g/mol. The van der Waals surface area contributed by atoms with Crippen LogP contribution >= 0.6 is 11.6 Å². The Kier molecular flexibility index (Phi) is 6.41. The molecule has 0 atom stereocenters. The van der Waals surface area contributed by atoms with Gasteiger partial charge in [0.25, 0.3) is 0 Å². The molecule has 0 bridgehead atoms. The summed E-state index contributed by atoms with van der Waals surface area (Å²) in [6, 6.07) is 10.6. The molecule has 2 aromatic rings. The molecule has 0 spiro atoms. The summed E-state index contributed by atoms with van der Waals surface area (Å²) < 4.78 is 11.3. The monoisotopic (exact) mass is 335 g/mol. The van der Waals surface area contributed by atoms with E-state index >= 15 is 0 Å². The van der Waals surface area contributed by atoms with Crippen LogP contribution in [0.2, 0.25) is 5.02 Å². The summed E-state index contributed by atoms with van der Waals surface area (Å²) in [5.41, 5.74) is 1.83. The number of nitrogens with one attached hydrogen (secondary N) is 1. The van der Waals surface area contributed by atoms with E-state index in [-0.39, 0.29) is 5.75 Å². The molecule has 0 fully saturated rings. The molecule has 2 rings (SSSR count). The molecule has 124 valence electrons. The van der Waals surface area contributed by atoms with Crippen LogP contribution in [0.25, 0.3) is 0 Å². The van der Waals surface area contributed by atoms with Gasteiger partial charge < -0.3 is 19.9 Å². The Morgan fingerprint density at radius 1 is 1.04 bits per heavy atom. The van der Waals surface area contributed by atoms with Gasteiger partial charge in [-0.2, -0.15) is 0 Å². The van der Waals surface area contributed by atoms with E-state index in [2.05, 4.69) is 12.2 Å². The van der Waals surface area contributed by atoms with E-state index < -0.39 is 0 Å². The Morgan fingerprint density at radius 3 is 2.39 bits per heavy atom. The van der Waals surface area contributed by atoms with Crippen molar-refractivity contribution in [2.75, 3.05) is 18.5 Å². The molecular weight excluding hydrogens is 314 g/mol. The van der Waals surface area contributed by atoms with Gasteiger partial charge >= 0.3 is 0 Å². The Balaban J connectivity index is 2.14. The molecule has 0 unspecified atom stereocenters. The molecule has 0 radical (unpaired) electrons. The third-order valence-corrected chi connectivity index (χ3v) is 3.58.